The lowest BCUT2D eigenvalue weighted by molar-refractivity contribution is -0.0410. The summed E-state index contributed by atoms with van der Waals surface area (Å²) >= 11 is 3.98. The van der Waals surface area contributed by atoms with Crippen molar-refractivity contribution in [2.75, 3.05) is 6.26 Å². The third kappa shape index (κ3) is 1.89. The smallest absolute Gasteiger partial charge is 0.208 e. The average molecular weight is 212 g/mol. The van der Waals surface area contributed by atoms with E-state index in [2.05, 4.69) is 11.2 Å². The minimum Gasteiger partial charge on any atom is -0.208 e. The number of hydrogen-bond acceptors (Lipinski definition) is 3. The first kappa shape index (κ1) is 10.3. The van der Waals surface area contributed by atoms with E-state index >= 15 is 0 Å². The SMILES string of the molecule is CS(=S)S(=O)(=O)C(F)(F)F. The van der Waals surface area contributed by atoms with E-state index in [-0.39, 0.29) is 0 Å². The second-order valence-corrected chi connectivity index (χ2v) is 8.42. The van der Waals surface area contributed by atoms with E-state index in [1.165, 1.54) is 0 Å². The van der Waals surface area contributed by atoms with Gasteiger partial charge in [-0.2, -0.15) is 13.2 Å². The Morgan fingerprint density at radius 3 is 1.70 bits per heavy atom. The van der Waals surface area contributed by atoms with Crippen molar-refractivity contribution in [3.63, 3.8) is 0 Å². The molecular weight excluding hydrogens is 209 g/mol. The summed E-state index contributed by atoms with van der Waals surface area (Å²) in [6, 6.07) is 0. The molecule has 62 valence electrons. The van der Waals surface area contributed by atoms with Gasteiger partial charge in [0.1, 0.15) is 0 Å². The fraction of sp³-hybridized carbons (Fsp3) is 1.00. The van der Waals surface area contributed by atoms with Crippen molar-refractivity contribution in [2.24, 2.45) is 0 Å². The molecule has 0 rings (SSSR count). The highest BCUT2D eigenvalue weighted by Gasteiger charge is 2.46. The maximum atomic E-state index is 11.4. The molecule has 0 N–H and O–H groups in total. The first-order valence-corrected chi connectivity index (χ1v) is 6.40. The van der Waals surface area contributed by atoms with Gasteiger partial charge in [-0.1, -0.05) is 0 Å². The van der Waals surface area contributed by atoms with Crippen LogP contribution in [0.4, 0.5) is 13.2 Å². The monoisotopic (exact) mass is 212 g/mol. The van der Waals surface area contributed by atoms with Gasteiger partial charge in [-0.3, -0.25) is 0 Å². The van der Waals surface area contributed by atoms with Crippen molar-refractivity contribution in [2.45, 2.75) is 5.51 Å². The van der Waals surface area contributed by atoms with Crippen molar-refractivity contribution < 1.29 is 21.6 Å². The van der Waals surface area contributed by atoms with Gasteiger partial charge in [-0.25, -0.2) is 8.42 Å². The summed E-state index contributed by atoms with van der Waals surface area (Å²) in [5.74, 6) is 0. The maximum Gasteiger partial charge on any atom is 0.507 e. The molecule has 1 unspecified atom stereocenters. The fourth-order valence-electron chi connectivity index (χ4n) is 0.133. The topological polar surface area (TPSA) is 34.1 Å². The number of halogens is 3. The van der Waals surface area contributed by atoms with Crippen LogP contribution in [0.25, 0.3) is 0 Å². The molecule has 0 heterocycles. The lowest BCUT2D eigenvalue weighted by Crippen LogP contribution is -2.25. The molecular formula is C2H3F3O2S3. The summed E-state index contributed by atoms with van der Waals surface area (Å²) in [5.41, 5.74) is -5.20. The molecule has 0 aromatic rings. The van der Waals surface area contributed by atoms with Gasteiger partial charge < -0.3 is 0 Å². The third-order valence-electron chi connectivity index (χ3n) is 0.592. The standard InChI is InChI=1S/C2H3F3O2S3/c1-9(8)10(6,7)2(3,4)5/h1H3. The maximum absolute atomic E-state index is 11.4. The van der Waals surface area contributed by atoms with E-state index in [1.54, 1.807) is 0 Å². The van der Waals surface area contributed by atoms with Crippen LogP contribution in [0.5, 0.6) is 0 Å². The molecule has 0 aromatic heterocycles. The van der Waals surface area contributed by atoms with Crippen molar-refractivity contribution in [3.05, 3.63) is 0 Å². The van der Waals surface area contributed by atoms with Gasteiger partial charge in [0, 0.05) is 6.26 Å². The van der Waals surface area contributed by atoms with Crippen LogP contribution in [0, 0.1) is 0 Å². The molecule has 0 aromatic carbocycles. The lowest BCUT2D eigenvalue weighted by atomic mass is 11.6. The van der Waals surface area contributed by atoms with Crippen molar-refractivity contribution in [3.8, 4) is 0 Å². The number of rotatable bonds is 1. The van der Waals surface area contributed by atoms with Crippen LogP contribution >= 0.6 is 0 Å². The van der Waals surface area contributed by atoms with Crippen LogP contribution in [0.1, 0.15) is 0 Å². The Morgan fingerprint density at radius 2 is 1.70 bits per heavy atom. The Kier molecular flexibility index (Phi) is 2.83. The van der Waals surface area contributed by atoms with Gasteiger partial charge in [0.05, 0.1) is 0 Å². The van der Waals surface area contributed by atoms with Crippen molar-refractivity contribution >= 4 is 28.5 Å². The molecule has 0 aliphatic carbocycles. The summed E-state index contributed by atoms with van der Waals surface area (Å²) in [4.78, 5) is 0. The Balaban J connectivity index is 4.98. The zero-order valence-corrected chi connectivity index (χ0v) is 7.12. The summed E-state index contributed by atoms with van der Waals surface area (Å²) in [5, 5.41) is 0. The second kappa shape index (κ2) is 2.74. The van der Waals surface area contributed by atoms with Crippen LogP contribution in [-0.4, -0.2) is 20.2 Å². The summed E-state index contributed by atoms with van der Waals surface area (Å²) in [6.07, 6.45) is 0.832. The largest absolute Gasteiger partial charge is 0.507 e. The average Bonchev–Trinajstić information content (AvgIpc) is 1.62. The predicted octanol–water partition coefficient (Wildman–Crippen LogP) is 0.546. The van der Waals surface area contributed by atoms with Crippen LogP contribution < -0.4 is 0 Å². The zero-order valence-electron chi connectivity index (χ0n) is 4.68. The quantitative estimate of drug-likeness (QED) is 0.595. The molecule has 8 heteroatoms. The highest BCUT2D eigenvalue weighted by molar-refractivity contribution is 8.78. The molecule has 0 spiro atoms. The first-order valence-electron chi connectivity index (χ1n) is 1.85. The van der Waals surface area contributed by atoms with Gasteiger partial charge in [0.15, 0.2) is 0 Å². The summed E-state index contributed by atoms with van der Waals surface area (Å²) in [7, 11) is -7.14. The molecule has 0 bridgehead atoms. The van der Waals surface area contributed by atoms with E-state index in [0.29, 0.717) is 0 Å². The highest BCUT2D eigenvalue weighted by atomic mass is 33.4. The molecule has 0 fully saturated rings. The van der Waals surface area contributed by atoms with Crippen molar-refractivity contribution in [1.29, 1.82) is 0 Å². The molecule has 10 heavy (non-hydrogen) atoms. The molecule has 2 nitrogen and oxygen atoms in total. The van der Waals surface area contributed by atoms with E-state index in [0.717, 1.165) is 6.26 Å². The van der Waals surface area contributed by atoms with E-state index in [4.69, 9.17) is 0 Å². The van der Waals surface area contributed by atoms with Gasteiger partial charge in [-0.15, -0.1) is 0 Å². The van der Waals surface area contributed by atoms with Crippen LogP contribution in [-0.2, 0) is 28.5 Å². The van der Waals surface area contributed by atoms with Gasteiger partial charge in [0.25, 0.3) is 0 Å². The van der Waals surface area contributed by atoms with Gasteiger partial charge in [-0.05, 0) is 19.7 Å². The Bertz CT molecular complexity index is 237. The van der Waals surface area contributed by atoms with Crippen LogP contribution in [0.15, 0.2) is 0 Å². The molecule has 1 atom stereocenters. The van der Waals surface area contributed by atoms with E-state index < -0.39 is 22.9 Å². The normalized spacial score (nSPS) is 16.8. The van der Waals surface area contributed by atoms with E-state index in [9.17, 15) is 21.6 Å². The Morgan fingerprint density at radius 1 is 1.40 bits per heavy atom. The minimum atomic E-state index is -5.20. The van der Waals surface area contributed by atoms with Gasteiger partial charge >= 0.3 is 14.4 Å². The lowest BCUT2D eigenvalue weighted by Gasteiger charge is -2.04. The first-order chi connectivity index (χ1) is 4.19. The van der Waals surface area contributed by atoms with Gasteiger partial charge in [0.2, 0.25) is 0 Å². The predicted molar refractivity (Wildman–Crippen MR) is 35.6 cm³/mol. The van der Waals surface area contributed by atoms with E-state index in [1.807, 2.05) is 0 Å². The molecule has 0 saturated carbocycles. The summed E-state index contributed by atoms with van der Waals surface area (Å²) in [6.45, 7) is 0. The van der Waals surface area contributed by atoms with Crippen LogP contribution in [0.2, 0.25) is 0 Å². The fourth-order valence-corrected chi connectivity index (χ4v) is 1.89. The van der Waals surface area contributed by atoms with Crippen LogP contribution in [0.3, 0.4) is 0 Å². The Labute approximate surface area is 62.3 Å². The molecule has 0 aliphatic rings. The molecule has 0 radical (unpaired) electrons. The summed E-state index contributed by atoms with van der Waals surface area (Å²) < 4.78 is 54.6. The molecule has 0 aliphatic heterocycles. The Hall–Kier alpha value is 0.310. The minimum absolute atomic E-state index is 0.832. The molecule has 0 saturated heterocycles. The zero-order chi connectivity index (χ0) is 8.58. The van der Waals surface area contributed by atoms with Crippen molar-refractivity contribution in [1.82, 2.24) is 0 Å². The third-order valence-corrected chi connectivity index (χ3v) is 5.81. The second-order valence-electron chi connectivity index (χ2n) is 1.30. The highest BCUT2D eigenvalue weighted by Crippen LogP contribution is 2.25. The number of alkyl halides is 3. The number of hydrogen-bond donors (Lipinski definition) is 0. The molecule has 0 amide bonds.